The first kappa shape index (κ1) is 17.2. The van der Waals surface area contributed by atoms with Crippen LogP contribution in [-0.2, 0) is 22.6 Å². The van der Waals surface area contributed by atoms with E-state index < -0.39 is 5.54 Å². The monoisotopic (exact) mass is 344 g/mol. The Kier molecular flexibility index (Phi) is 5.16. The topological polar surface area (TPSA) is 71.3 Å². The molecule has 0 radical (unpaired) electrons. The third kappa shape index (κ3) is 4.68. The Morgan fingerprint density at radius 2 is 2.20 bits per heavy atom. The van der Waals surface area contributed by atoms with Gasteiger partial charge in [-0.25, -0.2) is 4.39 Å². The highest BCUT2D eigenvalue weighted by atomic mass is 19.1. The Labute approximate surface area is 145 Å². The summed E-state index contributed by atoms with van der Waals surface area (Å²) >= 11 is 0. The predicted molar refractivity (Wildman–Crippen MR) is 90.0 cm³/mol. The fourth-order valence-corrected chi connectivity index (χ4v) is 3.22. The summed E-state index contributed by atoms with van der Waals surface area (Å²) < 4.78 is 18.5. The van der Waals surface area contributed by atoms with E-state index >= 15 is 0 Å². The summed E-state index contributed by atoms with van der Waals surface area (Å²) in [5.41, 5.74) is 0.276. The van der Waals surface area contributed by atoms with Gasteiger partial charge in [-0.3, -0.25) is 9.59 Å². The van der Waals surface area contributed by atoms with E-state index in [1.165, 1.54) is 12.1 Å². The average Bonchev–Trinajstić information content (AvgIpc) is 3.22. The molecule has 132 valence electrons. The molecule has 1 atom stereocenters. The zero-order chi connectivity index (χ0) is 17.7. The van der Waals surface area contributed by atoms with Crippen LogP contribution in [0.3, 0.4) is 0 Å². The van der Waals surface area contributed by atoms with Crippen molar-refractivity contribution in [2.75, 3.05) is 0 Å². The molecule has 2 aromatic rings. The lowest BCUT2D eigenvalue weighted by molar-refractivity contribution is -0.122. The molecule has 5 nitrogen and oxygen atoms in total. The van der Waals surface area contributed by atoms with Gasteiger partial charge in [-0.05, 0) is 42.7 Å². The maximum absolute atomic E-state index is 13.1. The van der Waals surface area contributed by atoms with Crippen LogP contribution in [0, 0.1) is 5.82 Å². The van der Waals surface area contributed by atoms with Gasteiger partial charge in [-0.1, -0.05) is 12.1 Å². The van der Waals surface area contributed by atoms with Crippen LogP contribution in [-0.4, -0.2) is 17.4 Å². The summed E-state index contributed by atoms with van der Waals surface area (Å²) in [6.07, 6.45) is 4.15. The first-order valence-corrected chi connectivity index (χ1v) is 8.39. The zero-order valence-electron chi connectivity index (χ0n) is 13.9. The molecule has 1 fully saturated rings. The van der Waals surface area contributed by atoms with Crippen molar-refractivity contribution < 1.29 is 18.4 Å². The number of hydrogen-bond donors (Lipinski definition) is 2. The normalized spacial score (nSPS) is 19.6. The molecule has 0 bridgehead atoms. The van der Waals surface area contributed by atoms with Crippen molar-refractivity contribution in [1.82, 2.24) is 10.6 Å². The van der Waals surface area contributed by atoms with Crippen LogP contribution >= 0.6 is 0 Å². The van der Waals surface area contributed by atoms with E-state index in [-0.39, 0.29) is 30.6 Å². The summed E-state index contributed by atoms with van der Waals surface area (Å²) in [5.74, 6) is 0.358. The van der Waals surface area contributed by atoms with E-state index in [0.717, 1.165) is 5.76 Å². The summed E-state index contributed by atoms with van der Waals surface area (Å²) in [7, 11) is 0. The average molecular weight is 344 g/mol. The third-order valence-corrected chi connectivity index (χ3v) is 4.54. The number of amides is 2. The van der Waals surface area contributed by atoms with Crippen LogP contribution in [0.4, 0.5) is 4.39 Å². The highest BCUT2D eigenvalue weighted by Crippen LogP contribution is 2.29. The Bertz CT molecular complexity index is 745. The van der Waals surface area contributed by atoms with Gasteiger partial charge in [-0.15, -0.1) is 0 Å². The number of benzene rings is 1. The van der Waals surface area contributed by atoms with Gasteiger partial charge in [0, 0.05) is 31.3 Å². The van der Waals surface area contributed by atoms with E-state index in [2.05, 4.69) is 10.6 Å². The third-order valence-electron chi connectivity index (χ3n) is 4.54. The van der Waals surface area contributed by atoms with Gasteiger partial charge in [0.25, 0.3) is 0 Å². The van der Waals surface area contributed by atoms with Crippen molar-refractivity contribution in [2.24, 2.45) is 0 Å². The van der Waals surface area contributed by atoms with Gasteiger partial charge in [0.1, 0.15) is 11.6 Å². The van der Waals surface area contributed by atoms with Gasteiger partial charge < -0.3 is 15.1 Å². The standard InChI is InChI=1S/C19H21FN2O3/c20-15-4-1-3-14(11-15)13-21-17(23)6-8-19(9-7-18(24)22-19)12-16-5-2-10-25-16/h1-5,10-11H,6-9,12-13H2,(H,21,23)(H,22,24)/t19-/m0/s1. The van der Waals surface area contributed by atoms with Crippen LogP contribution in [0.15, 0.2) is 47.1 Å². The second kappa shape index (κ2) is 7.51. The summed E-state index contributed by atoms with van der Waals surface area (Å²) in [4.78, 5) is 23.8. The first-order valence-electron chi connectivity index (χ1n) is 8.39. The molecule has 3 rings (SSSR count). The van der Waals surface area contributed by atoms with E-state index in [4.69, 9.17) is 4.42 Å². The Morgan fingerprint density at radius 1 is 1.32 bits per heavy atom. The maximum atomic E-state index is 13.1. The van der Waals surface area contributed by atoms with Crippen molar-refractivity contribution in [2.45, 2.75) is 44.2 Å². The summed E-state index contributed by atoms with van der Waals surface area (Å²) in [5, 5.41) is 5.81. The number of hydrogen-bond acceptors (Lipinski definition) is 3. The van der Waals surface area contributed by atoms with E-state index in [1.54, 1.807) is 18.4 Å². The quantitative estimate of drug-likeness (QED) is 0.811. The van der Waals surface area contributed by atoms with Crippen LogP contribution in [0.5, 0.6) is 0 Å². The highest BCUT2D eigenvalue weighted by molar-refractivity contribution is 5.80. The molecule has 0 aliphatic carbocycles. The lowest BCUT2D eigenvalue weighted by atomic mass is 9.87. The van der Waals surface area contributed by atoms with Gasteiger partial charge in [-0.2, -0.15) is 0 Å². The van der Waals surface area contributed by atoms with Crippen molar-refractivity contribution in [3.63, 3.8) is 0 Å². The molecule has 1 aliphatic rings. The molecule has 1 aromatic carbocycles. The fraction of sp³-hybridized carbons (Fsp3) is 0.368. The smallest absolute Gasteiger partial charge is 0.220 e. The molecule has 1 aliphatic heterocycles. The lowest BCUT2D eigenvalue weighted by Crippen LogP contribution is -2.44. The second-order valence-corrected chi connectivity index (χ2v) is 6.49. The Balaban J connectivity index is 1.54. The van der Waals surface area contributed by atoms with Crippen molar-refractivity contribution in [3.05, 3.63) is 59.8 Å². The Hall–Kier alpha value is -2.63. The second-order valence-electron chi connectivity index (χ2n) is 6.49. The van der Waals surface area contributed by atoms with Gasteiger partial charge in [0.2, 0.25) is 11.8 Å². The van der Waals surface area contributed by atoms with Gasteiger partial charge in [0.05, 0.1) is 6.26 Å². The number of rotatable bonds is 7. The maximum Gasteiger partial charge on any atom is 0.220 e. The minimum Gasteiger partial charge on any atom is -0.469 e. The van der Waals surface area contributed by atoms with Crippen molar-refractivity contribution in [1.29, 1.82) is 0 Å². The molecule has 25 heavy (non-hydrogen) atoms. The Morgan fingerprint density at radius 3 is 2.88 bits per heavy atom. The molecule has 1 saturated heterocycles. The molecule has 1 aromatic heterocycles. The fourth-order valence-electron chi connectivity index (χ4n) is 3.22. The molecule has 0 unspecified atom stereocenters. The SMILES string of the molecule is O=C(CC[C@@]1(Cc2ccco2)CCC(=O)N1)NCc1cccc(F)c1. The van der Waals surface area contributed by atoms with Crippen LogP contribution in [0.2, 0.25) is 0 Å². The van der Waals surface area contributed by atoms with Crippen LogP contribution in [0.25, 0.3) is 0 Å². The molecule has 0 spiro atoms. The molecular formula is C19H21FN2O3. The highest BCUT2D eigenvalue weighted by Gasteiger charge is 2.38. The van der Waals surface area contributed by atoms with Crippen molar-refractivity contribution >= 4 is 11.8 Å². The molecule has 2 N–H and O–H groups in total. The van der Waals surface area contributed by atoms with Gasteiger partial charge in [0.15, 0.2) is 0 Å². The van der Waals surface area contributed by atoms with Gasteiger partial charge >= 0.3 is 0 Å². The number of furan rings is 1. The first-order chi connectivity index (χ1) is 12.0. The summed E-state index contributed by atoms with van der Waals surface area (Å²) in [6.45, 7) is 0.286. The minimum absolute atomic E-state index is 0.00623. The zero-order valence-corrected chi connectivity index (χ0v) is 13.9. The van der Waals surface area contributed by atoms with Crippen LogP contribution < -0.4 is 10.6 Å². The number of halogens is 1. The molecular weight excluding hydrogens is 323 g/mol. The number of carbonyl (C=O) groups excluding carboxylic acids is 2. The van der Waals surface area contributed by atoms with E-state index in [1.807, 2.05) is 12.1 Å². The molecule has 2 amide bonds. The van der Waals surface area contributed by atoms with E-state index in [0.29, 0.717) is 31.2 Å². The lowest BCUT2D eigenvalue weighted by Gasteiger charge is -2.28. The van der Waals surface area contributed by atoms with Crippen LogP contribution in [0.1, 0.15) is 37.0 Å². The predicted octanol–water partition coefficient (Wildman–Crippen LogP) is 2.71. The number of carbonyl (C=O) groups is 2. The molecule has 6 heteroatoms. The molecule has 0 saturated carbocycles. The van der Waals surface area contributed by atoms with E-state index in [9.17, 15) is 14.0 Å². The van der Waals surface area contributed by atoms with Crippen molar-refractivity contribution in [3.8, 4) is 0 Å². The minimum atomic E-state index is -0.439. The number of nitrogens with one attached hydrogen (secondary N) is 2. The summed E-state index contributed by atoms with van der Waals surface area (Å²) in [6, 6.07) is 9.83. The molecule has 2 heterocycles. The largest absolute Gasteiger partial charge is 0.469 e.